The van der Waals surface area contributed by atoms with Crippen molar-refractivity contribution < 1.29 is 4.79 Å². The lowest BCUT2D eigenvalue weighted by atomic mass is 9.92. The van der Waals surface area contributed by atoms with Crippen molar-refractivity contribution >= 4 is 5.91 Å². The fourth-order valence-corrected chi connectivity index (χ4v) is 2.43. The predicted octanol–water partition coefficient (Wildman–Crippen LogP) is 3.72. The van der Waals surface area contributed by atoms with Gasteiger partial charge in [0, 0.05) is 5.92 Å². The summed E-state index contributed by atoms with van der Waals surface area (Å²) in [6, 6.07) is 0. The minimum Gasteiger partial charge on any atom is -0.273 e. The van der Waals surface area contributed by atoms with Crippen LogP contribution >= 0.6 is 0 Å². The Bertz CT molecular complexity index is 167. The first-order valence-electron chi connectivity index (χ1n) is 6.56. The van der Waals surface area contributed by atoms with Gasteiger partial charge in [0.1, 0.15) is 0 Å². The van der Waals surface area contributed by atoms with Crippen LogP contribution in [0.2, 0.25) is 0 Å². The molecule has 0 unspecified atom stereocenters. The smallest absolute Gasteiger partial charge is 0.241 e. The van der Waals surface area contributed by atoms with Crippen LogP contribution < -0.4 is 5.73 Å². The molecule has 0 aromatic heterocycles. The van der Waals surface area contributed by atoms with Gasteiger partial charge in [0.25, 0.3) is 0 Å². The van der Waals surface area contributed by atoms with Crippen LogP contribution in [0.3, 0.4) is 0 Å². The first-order chi connectivity index (χ1) is 7.30. The van der Waals surface area contributed by atoms with Gasteiger partial charge in [-0.15, -0.1) is 0 Å². The number of rotatable bonds is 1. The highest BCUT2D eigenvalue weighted by atomic mass is 16.1. The van der Waals surface area contributed by atoms with Gasteiger partial charge in [0.15, 0.2) is 0 Å². The highest BCUT2D eigenvalue weighted by Crippen LogP contribution is 2.20. The highest BCUT2D eigenvalue weighted by Gasteiger charge is 2.15. The van der Waals surface area contributed by atoms with Crippen molar-refractivity contribution in [2.45, 2.75) is 70.6 Å². The fourth-order valence-electron chi connectivity index (χ4n) is 2.43. The molecule has 0 saturated heterocycles. The molecule has 0 aromatic rings. The summed E-state index contributed by atoms with van der Waals surface area (Å²) in [5.41, 5.74) is 7.23. The van der Waals surface area contributed by atoms with E-state index < -0.39 is 0 Å². The van der Waals surface area contributed by atoms with Crippen molar-refractivity contribution in [2.75, 3.05) is 0 Å². The van der Waals surface area contributed by atoms with Crippen molar-refractivity contribution in [3.8, 4) is 0 Å². The number of hydrogen-bond acceptors (Lipinski definition) is 1. The van der Waals surface area contributed by atoms with Gasteiger partial charge in [-0.25, -0.2) is 0 Å². The summed E-state index contributed by atoms with van der Waals surface area (Å²) >= 11 is 0. The Labute approximate surface area is 93.6 Å². The Morgan fingerprint density at radius 2 is 1.07 bits per heavy atom. The van der Waals surface area contributed by atoms with E-state index in [1.165, 1.54) is 44.9 Å². The maximum atomic E-state index is 11.1. The topological polar surface area (TPSA) is 40.9 Å². The molecule has 15 heavy (non-hydrogen) atoms. The summed E-state index contributed by atoms with van der Waals surface area (Å²) in [5.74, 6) is -0.281. The first-order valence-corrected chi connectivity index (χ1v) is 6.56. The molecule has 0 atom stereocenters. The molecular formula is C13H24NO. The molecule has 1 fully saturated rings. The molecule has 2 heteroatoms. The summed E-state index contributed by atoms with van der Waals surface area (Å²) in [6.07, 6.45) is 13.5. The number of nitrogens with one attached hydrogen (secondary N) is 1. The lowest BCUT2D eigenvalue weighted by molar-refractivity contribution is -0.122. The van der Waals surface area contributed by atoms with E-state index in [4.69, 9.17) is 5.73 Å². The van der Waals surface area contributed by atoms with Gasteiger partial charge in [-0.3, -0.25) is 10.5 Å². The average molecular weight is 210 g/mol. The van der Waals surface area contributed by atoms with E-state index in [1.54, 1.807) is 0 Å². The van der Waals surface area contributed by atoms with Gasteiger partial charge in [-0.05, 0) is 12.8 Å². The molecule has 0 aromatic carbocycles. The van der Waals surface area contributed by atoms with E-state index in [2.05, 4.69) is 0 Å². The second kappa shape index (κ2) is 7.72. The molecule has 0 spiro atoms. The van der Waals surface area contributed by atoms with E-state index in [1.807, 2.05) is 0 Å². The number of carbonyl (C=O) groups excluding carboxylic acids is 1. The largest absolute Gasteiger partial charge is 0.273 e. The van der Waals surface area contributed by atoms with Gasteiger partial charge < -0.3 is 0 Å². The van der Waals surface area contributed by atoms with Crippen LogP contribution in [-0.2, 0) is 4.79 Å². The Balaban J connectivity index is 2.28. The van der Waals surface area contributed by atoms with Crippen LogP contribution in [0.4, 0.5) is 0 Å². The minimum atomic E-state index is -0.327. The summed E-state index contributed by atoms with van der Waals surface area (Å²) < 4.78 is 0. The third-order valence-electron chi connectivity index (χ3n) is 3.48. The average Bonchev–Trinajstić information content (AvgIpc) is 2.18. The third-order valence-corrected chi connectivity index (χ3v) is 3.48. The zero-order chi connectivity index (χ0) is 10.9. The molecule has 2 nitrogen and oxygen atoms in total. The summed E-state index contributed by atoms with van der Waals surface area (Å²) in [5, 5.41) is 0. The predicted molar refractivity (Wildman–Crippen MR) is 62.4 cm³/mol. The Kier molecular flexibility index (Phi) is 6.45. The van der Waals surface area contributed by atoms with Gasteiger partial charge in [-0.2, -0.15) is 0 Å². The fraction of sp³-hybridized carbons (Fsp3) is 0.923. The van der Waals surface area contributed by atoms with Crippen LogP contribution in [0.5, 0.6) is 0 Å². The van der Waals surface area contributed by atoms with Gasteiger partial charge in [0.2, 0.25) is 5.91 Å². The summed E-state index contributed by atoms with van der Waals surface area (Å²) in [4.78, 5) is 11.1. The maximum Gasteiger partial charge on any atom is 0.241 e. The van der Waals surface area contributed by atoms with Crippen LogP contribution in [0, 0.1) is 5.92 Å². The lowest BCUT2D eigenvalue weighted by Gasteiger charge is -2.13. The molecule has 1 aliphatic carbocycles. The number of carbonyl (C=O) groups is 1. The normalized spacial score (nSPS) is 22.7. The zero-order valence-electron chi connectivity index (χ0n) is 9.76. The highest BCUT2D eigenvalue weighted by molar-refractivity contribution is 5.75. The van der Waals surface area contributed by atoms with E-state index in [9.17, 15) is 4.79 Å². The second-order valence-electron chi connectivity index (χ2n) is 4.82. The van der Waals surface area contributed by atoms with Gasteiger partial charge in [0.05, 0.1) is 0 Å². The lowest BCUT2D eigenvalue weighted by Crippen LogP contribution is -2.15. The van der Waals surface area contributed by atoms with Crippen LogP contribution in [-0.4, -0.2) is 5.91 Å². The van der Waals surface area contributed by atoms with Gasteiger partial charge in [-0.1, -0.05) is 57.8 Å². The van der Waals surface area contributed by atoms with E-state index in [0.717, 1.165) is 25.7 Å². The molecule has 1 rings (SSSR count). The summed E-state index contributed by atoms with van der Waals surface area (Å²) in [7, 11) is 0. The van der Waals surface area contributed by atoms with Crippen molar-refractivity contribution in [3.05, 3.63) is 0 Å². The van der Waals surface area contributed by atoms with Crippen LogP contribution in [0.25, 0.3) is 0 Å². The standard InChI is InChI=1S/C13H24NO/c14-13(15)12-10-8-6-4-2-1-3-5-7-9-11-12/h12,14H,1-11H2. The van der Waals surface area contributed by atoms with E-state index in [0.29, 0.717) is 0 Å². The zero-order valence-corrected chi connectivity index (χ0v) is 9.76. The molecule has 0 heterocycles. The monoisotopic (exact) mass is 210 g/mol. The Morgan fingerprint density at radius 3 is 1.40 bits per heavy atom. The SMILES string of the molecule is [NH]C(=O)C1CCCCCCCCCCC1. The molecule has 0 aliphatic heterocycles. The van der Waals surface area contributed by atoms with Crippen molar-refractivity contribution in [2.24, 2.45) is 5.92 Å². The molecule has 1 aliphatic rings. The molecule has 1 amide bonds. The van der Waals surface area contributed by atoms with Crippen molar-refractivity contribution in [3.63, 3.8) is 0 Å². The molecule has 87 valence electrons. The van der Waals surface area contributed by atoms with Crippen molar-refractivity contribution in [1.29, 1.82) is 0 Å². The van der Waals surface area contributed by atoms with Crippen LogP contribution in [0.1, 0.15) is 70.6 Å². The van der Waals surface area contributed by atoms with Crippen LogP contribution in [0.15, 0.2) is 0 Å². The van der Waals surface area contributed by atoms with E-state index in [-0.39, 0.29) is 11.8 Å². The maximum absolute atomic E-state index is 11.1. The first kappa shape index (κ1) is 12.5. The summed E-state index contributed by atoms with van der Waals surface area (Å²) in [6.45, 7) is 0. The van der Waals surface area contributed by atoms with E-state index >= 15 is 0 Å². The minimum absolute atomic E-state index is 0.0458. The third kappa shape index (κ3) is 5.81. The second-order valence-corrected chi connectivity index (χ2v) is 4.82. The molecular weight excluding hydrogens is 186 g/mol. The molecule has 1 saturated carbocycles. The Hall–Kier alpha value is -0.530. The molecule has 1 radical (unpaired) electrons. The Morgan fingerprint density at radius 1 is 0.733 bits per heavy atom. The quantitative estimate of drug-likeness (QED) is 0.650. The number of amides is 1. The van der Waals surface area contributed by atoms with Crippen molar-refractivity contribution in [1.82, 2.24) is 5.73 Å². The molecule has 1 N–H and O–H groups in total. The van der Waals surface area contributed by atoms with Gasteiger partial charge >= 0.3 is 0 Å². The molecule has 0 bridgehead atoms. The number of hydrogen-bond donors (Lipinski definition) is 0.